The molecule has 0 aromatic heterocycles. The van der Waals surface area contributed by atoms with E-state index in [1.807, 2.05) is 0 Å². The summed E-state index contributed by atoms with van der Waals surface area (Å²) in [5.74, 6) is -0.176. The normalized spacial score (nSPS) is 27.2. The number of carbonyl (C=O) groups is 1. The smallest absolute Gasteiger partial charge is 0.253 e. The molecule has 0 spiro atoms. The van der Waals surface area contributed by atoms with E-state index in [4.69, 9.17) is 17.3 Å². The molecule has 62 valence electrons. The second-order valence-corrected chi connectivity index (χ2v) is 2.95. The number of thiocarbonyl (C=S) groups is 1. The second kappa shape index (κ2) is 2.75. The molecular weight excluding hydrogens is 164 g/mol. The minimum atomic E-state index is -0.703. The maximum atomic E-state index is 11.2. The zero-order valence-corrected chi connectivity index (χ0v) is 7.18. The van der Waals surface area contributed by atoms with E-state index in [-0.39, 0.29) is 5.91 Å². The topological polar surface area (TPSA) is 52.6 Å². The van der Waals surface area contributed by atoms with E-state index < -0.39 is 12.1 Å². The summed E-state index contributed by atoms with van der Waals surface area (Å²) in [7, 11) is 1.58. The summed E-state index contributed by atoms with van der Waals surface area (Å²) >= 11 is 4.80. The van der Waals surface area contributed by atoms with Crippen LogP contribution in [0.5, 0.6) is 0 Å². The van der Waals surface area contributed by atoms with Gasteiger partial charge in [0.05, 0.1) is 6.10 Å². The molecule has 5 heteroatoms. The first-order chi connectivity index (χ1) is 5.04. The van der Waals surface area contributed by atoms with Gasteiger partial charge in [-0.05, 0) is 19.1 Å². The average molecular weight is 174 g/mol. The van der Waals surface area contributed by atoms with Crippen LogP contribution in [-0.4, -0.2) is 40.2 Å². The van der Waals surface area contributed by atoms with Gasteiger partial charge in [0.25, 0.3) is 5.91 Å². The monoisotopic (exact) mass is 174 g/mol. The van der Waals surface area contributed by atoms with Crippen molar-refractivity contribution in [1.29, 1.82) is 0 Å². The quantitative estimate of drug-likeness (QED) is 0.505. The largest absolute Gasteiger partial charge is 0.391 e. The van der Waals surface area contributed by atoms with Gasteiger partial charge in [-0.2, -0.15) is 0 Å². The Morgan fingerprint density at radius 3 is 2.55 bits per heavy atom. The van der Waals surface area contributed by atoms with Crippen molar-refractivity contribution in [3.63, 3.8) is 0 Å². The first kappa shape index (κ1) is 8.42. The minimum absolute atomic E-state index is 0.176. The number of carbonyl (C=O) groups excluding carboxylic acids is 1. The van der Waals surface area contributed by atoms with E-state index in [2.05, 4.69) is 5.32 Å². The summed E-state index contributed by atoms with van der Waals surface area (Å²) in [6.07, 6.45) is -0.703. The molecule has 11 heavy (non-hydrogen) atoms. The highest BCUT2D eigenvalue weighted by molar-refractivity contribution is 7.80. The molecule has 0 aliphatic carbocycles. The van der Waals surface area contributed by atoms with Crippen molar-refractivity contribution in [2.45, 2.75) is 19.1 Å². The number of aliphatic hydroxyl groups is 1. The molecule has 0 bridgehead atoms. The Morgan fingerprint density at radius 2 is 2.36 bits per heavy atom. The first-order valence-corrected chi connectivity index (χ1v) is 3.71. The van der Waals surface area contributed by atoms with Gasteiger partial charge in [0, 0.05) is 7.05 Å². The van der Waals surface area contributed by atoms with E-state index in [1.54, 1.807) is 14.0 Å². The maximum Gasteiger partial charge on any atom is 0.253 e. The van der Waals surface area contributed by atoms with Gasteiger partial charge in [-0.15, -0.1) is 0 Å². The lowest BCUT2D eigenvalue weighted by molar-refractivity contribution is -0.128. The second-order valence-electron chi connectivity index (χ2n) is 2.57. The number of likely N-dealkylation sites (N-methyl/N-ethyl adjacent to an activating group) is 1. The number of amides is 1. The highest BCUT2D eigenvalue weighted by Crippen LogP contribution is 2.06. The molecule has 2 atom stereocenters. The van der Waals surface area contributed by atoms with Gasteiger partial charge in [0.2, 0.25) is 0 Å². The van der Waals surface area contributed by atoms with Crippen LogP contribution in [0.3, 0.4) is 0 Å². The summed E-state index contributed by atoms with van der Waals surface area (Å²) in [6.45, 7) is 1.55. The Bertz CT molecular complexity index is 205. The van der Waals surface area contributed by atoms with Crippen molar-refractivity contribution in [2.75, 3.05) is 7.05 Å². The molecule has 1 aliphatic rings. The Balaban J connectivity index is 2.75. The molecule has 4 nitrogen and oxygen atoms in total. The summed E-state index contributed by atoms with van der Waals surface area (Å²) in [5.41, 5.74) is 0. The van der Waals surface area contributed by atoms with Crippen molar-refractivity contribution in [3.05, 3.63) is 0 Å². The Labute approximate surface area is 70.2 Å². The lowest BCUT2D eigenvalue weighted by atomic mass is 10.2. The molecule has 0 aromatic carbocycles. The van der Waals surface area contributed by atoms with Crippen LogP contribution in [0.4, 0.5) is 0 Å². The fraction of sp³-hybridized carbons (Fsp3) is 0.667. The van der Waals surface area contributed by atoms with Crippen molar-refractivity contribution in [2.24, 2.45) is 0 Å². The van der Waals surface area contributed by atoms with Crippen LogP contribution in [0.2, 0.25) is 0 Å². The summed E-state index contributed by atoms with van der Waals surface area (Å²) in [6, 6.07) is -0.563. The van der Waals surface area contributed by atoms with Crippen LogP contribution in [0.15, 0.2) is 0 Å². The third-order valence-corrected chi connectivity index (χ3v) is 2.05. The van der Waals surface area contributed by atoms with Crippen LogP contribution in [0.1, 0.15) is 6.92 Å². The maximum absolute atomic E-state index is 11.2. The molecule has 0 radical (unpaired) electrons. The molecule has 1 rings (SSSR count). The van der Waals surface area contributed by atoms with E-state index >= 15 is 0 Å². The fourth-order valence-electron chi connectivity index (χ4n) is 0.927. The highest BCUT2D eigenvalue weighted by atomic mass is 32.1. The van der Waals surface area contributed by atoms with Gasteiger partial charge < -0.3 is 10.4 Å². The minimum Gasteiger partial charge on any atom is -0.391 e. The first-order valence-electron chi connectivity index (χ1n) is 3.30. The van der Waals surface area contributed by atoms with E-state index in [0.717, 1.165) is 0 Å². The number of hydrogen-bond acceptors (Lipinski definition) is 3. The SMILES string of the molecule is C[C@@H](O)[C@H]1NC(=S)N(C)C1=O. The zero-order valence-electron chi connectivity index (χ0n) is 6.37. The Hall–Kier alpha value is -0.680. The lowest BCUT2D eigenvalue weighted by Gasteiger charge is -2.10. The average Bonchev–Trinajstić information content (AvgIpc) is 2.17. The van der Waals surface area contributed by atoms with Crippen LogP contribution in [0, 0.1) is 0 Å². The molecule has 1 amide bonds. The third kappa shape index (κ3) is 1.34. The lowest BCUT2D eigenvalue weighted by Crippen LogP contribution is -2.38. The highest BCUT2D eigenvalue weighted by Gasteiger charge is 2.35. The molecule has 1 heterocycles. The van der Waals surface area contributed by atoms with Crippen LogP contribution < -0.4 is 5.32 Å². The van der Waals surface area contributed by atoms with E-state index in [1.165, 1.54) is 4.90 Å². The Morgan fingerprint density at radius 1 is 1.82 bits per heavy atom. The van der Waals surface area contributed by atoms with Crippen molar-refractivity contribution in [1.82, 2.24) is 10.2 Å². The van der Waals surface area contributed by atoms with Crippen LogP contribution >= 0.6 is 12.2 Å². The fourth-order valence-corrected chi connectivity index (χ4v) is 1.14. The molecule has 2 N–H and O–H groups in total. The zero-order chi connectivity index (χ0) is 8.59. The van der Waals surface area contributed by atoms with Gasteiger partial charge in [0.15, 0.2) is 5.11 Å². The predicted molar refractivity (Wildman–Crippen MR) is 44.0 cm³/mol. The van der Waals surface area contributed by atoms with Crippen molar-refractivity contribution in [3.8, 4) is 0 Å². The number of hydrogen-bond donors (Lipinski definition) is 2. The number of aliphatic hydroxyl groups excluding tert-OH is 1. The molecule has 1 aliphatic heterocycles. The molecule has 0 aromatic rings. The van der Waals surface area contributed by atoms with Crippen LogP contribution in [-0.2, 0) is 4.79 Å². The number of nitrogens with one attached hydrogen (secondary N) is 1. The van der Waals surface area contributed by atoms with Crippen LogP contribution in [0.25, 0.3) is 0 Å². The van der Waals surface area contributed by atoms with Gasteiger partial charge in [0.1, 0.15) is 6.04 Å². The number of rotatable bonds is 1. The van der Waals surface area contributed by atoms with Gasteiger partial charge >= 0.3 is 0 Å². The Kier molecular flexibility index (Phi) is 2.10. The van der Waals surface area contributed by atoms with E-state index in [9.17, 15) is 4.79 Å². The van der Waals surface area contributed by atoms with Gasteiger partial charge in [-0.25, -0.2) is 0 Å². The number of nitrogens with zero attached hydrogens (tertiary/aromatic N) is 1. The molecule has 1 fully saturated rings. The van der Waals surface area contributed by atoms with Crippen molar-refractivity contribution < 1.29 is 9.90 Å². The predicted octanol–water partition coefficient (Wildman–Crippen LogP) is -0.918. The summed E-state index contributed by atoms with van der Waals surface area (Å²) in [4.78, 5) is 12.5. The van der Waals surface area contributed by atoms with Crippen molar-refractivity contribution >= 4 is 23.2 Å². The standard InChI is InChI=1S/C6H10N2O2S/c1-3(9)4-5(10)8(2)6(11)7-4/h3-4,9H,1-2H3,(H,7,11)/t3-,4-/m1/s1. The third-order valence-electron chi connectivity index (χ3n) is 1.66. The molecule has 0 unspecified atom stereocenters. The summed E-state index contributed by atoms with van der Waals surface area (Å²) < 4.78 is 0. The summed E-state index contributed by atoms with van der Waals surface area (Å²) in [5, 5.41) is 12.2. The molecular formula is C6H10N2O2S. The molecule has 0 saturated carbocycles. The van der Waals surface area contributed by atoms with E-state index in [0.29, 0.717) is 5.11 Å². The van der Waals surface area contributed by atoms with Gasteiger partial charge in [-0.3, -0.25) is 9.69 Å². The van der Waals surface area contributed by atoms with Gasteiger partial charge in [-0.1, -0.05) is 0 Å². The molecule has 1 saturated heterocycles.